The Bertz CT molecular complexity index is 590. The fraction of sp³-hybridized carbons (Fsp3) is 0.611. The van der Waals surface area contributed by atoms with Crippen molar-refractivity contribution in [1.29, 1.82) is 0 Å². The molecular weight excluding hydrogens is 492 g/mol. The van der Waals surface area contributed by atoms with Gasteiger partial charge in [0.15, 0.2) is 5.96 Å². The number of nitrogens with one attached hydrogen (secondary N) is 2. The maximum absolute atomic E-state index is 12.2. The van der Waals surface area contributed by atoms with Crippen LogP contribution in [0.1, 0.15) is 24.8 Å². The highest BCUT2D eigenvalue weighted by Crippen LogP contribution is 2.22. The smallest absolute Gasteiger partial charge is 0.356 e. The van der Waals surface area contributed by atoms with Gasteiger partial charge in [0.05, 0.1) is 6.42 Å². The second kappa shape index (κ2) is 12.0. The van der Waals surface area contributed by atoms with E-state index < -0.39 is 12.6 Å². The fourth-order valence-corrected chi connectivity index (χ4v) is 3.20. The maximum Gasteiger partial charge on any atom is 0.390 e. The molecule has 1 aliphatic rings. The molecule has 0 amide bonds. The summed E-state index contributed by atoms with van der Waals surface area (Å²) in [6.45, 7) is 3.36. The molecule has 1 heterocycles. The zero-order valence-corrected chi connectivity index (χ0v) is 18.4. The molecule has 1 aliphatic heterocycles. The Labute approximate surface area is 181 Å². The first kappa shape index (κ1) is 24.3. The number of aliphatic imine (C=N–C) groups is 1. The summed E-state index contributed by atoms with van der Waals surface area (Å²) in [5.41, 5.74) is 1.14. The Balaban J connectivity index is 0.00000364. The second-order valence-electron chi connectivity index (χ2n) is 6.56. The van der Waals surface area contributed by atoms with Crippen LogP contribution in [0.15, 0.2) is 29.3 Å². The molecule has 2 N–H and O–H groups in total. The van der Waals surface area contributed by atoms with E-state index in [1.54, 1.807) is 7.05 Å². The van der Waals surface area contributed by atoms with Crippen molar-refractivity contribution in [2.45, 2.75) is 32.0 Å². The molecule has 1 aromatic carbocycles. The van der Waals surface area contributed by atoms with Crippen LogP contribution in [0.4, 0.5) is 13.2 Å². The van der Waals surface area contributed by atoms with Crippen molar-refractivity contribution in [1.82, 2.24) is 15.5 Å². The summed E-state index contributed by atoms with van der Waals surface area (Å²) in [5.74, 6) is 0.909. The predicted octanol–water partition coefficient (Wildman–Crippen LogP) is 4.29. The van der Waals surface area contributed by atoms with Crippen LogP contribution in [0.3, 0.4) is 0 Å². The third kappa shape index (κ3) is 9.34. The van der Waals surface area contributed by atoms with E-state index in [1.807, 2.05) is 24.3 Å². The Kier molecular flexibility index (Phi) is 10.8. The lowest BCUT2D eigenvalue weighted by molar-refractivity contribution is -0.132. The van der Waals surface area contributed by atoms with E-state index in [-0.39, 0.29) is 30.5 Å². The van der Waals surface area contributed by atoms with E-state index in [1.165, 1.54) is 0 Å². The number of hydrogen-bond acceptors (Lipinski definition) is 2. The number of guanidine groups is 1. The van der Waals surface area contributed by atoms with E-state index in [9.17, 15) is 13.2 Å². The molecule has 0 unspecified atom stereocenters. The van der Waals surface area contributed by atoms with Gasteiger partial charge in [-0.2, -0.15) is 13.2 Å². The van der Waals surface area contributed by atoms with Gasteiger partial charge in [-0.05, 0) is 43.5 Å². The molecule has 0 saturated carbocycles. The third-order valence-electron chi connectivity index (χ3n) is 4.54. The normalized spacial score (nSPS) is 16.7. The molecule has 0 radical (unpaired) electrons. The Morgan fingerprint density at radius 2 is 1.89 bits per heavy atom. The van der Waals surface area contributed by atoms with Crippen LogP contribution in [0.25, 0.3) is 0 Å². The van der Waals surface area contributed by atoms with E-state index in [0.717, 1.165) is 43.1 Å². The zero-order valence-electron chi connectivity index (χ0n) is 15.4. The summed E-state index contributed by atoms with van der Waals surface area (Å²) in [6.07, 6.45) is -2.94. The van der Waals surface area contributed by atoms with Gasteiger partial charge in [-0.15, -0.1) is 24.0 Å². The molecule has 4 nitrogen and oxygen atoms in total. The number of benzene rings is 1. The van der Waals surface area contributed by atoms with Gasteiger partial charge >= 0.3 is 6.18 Å². The monoisotopic (exact) mass is 518 g/mol. The van der Waals surface area contributed by atoms with Gasteiger partial charge in [-0.1, -0.05) is 29.8 Å². The quantitative estimate of drug-likeness (QED) is 0.335. The molecule has 0 spiro atoms. The van der Waals surface area contributed by atoms with Gasteiger partial charge in [-0.3, -0.25) is 9.89 Å². The Morgan fingerprint density at radius 1 is 1.22 bits per heavy atom. The van der Waals surface area contributed by atoms with Crippen molar-refractivity contribution in [3.63, 3.8) is 0 Å². The van der Waals surface area contributed by atoms with Crippen LogP contribution >= 0.6 is 35.6 Å². The number of rotatable bonds is 6. The average molecular weight is 519 g/mol. The van der Waals surface area contributed by atoms with Crippen LogP contribution in [0.2, 0.25) is 5.02 Å². The van der Waals surface area contributed by atoms with Crippen molar-refractivity contribution in [3.8, 4) is 0 Å². The number of likely N-dealkylation sites (tertiary alicyclic amines) is 1. The lowest BCUT2D eigenvalue weighted by atomic mass is 9.96. The minimum absolute atomic E-state index is 0. The zero-order chi connectivity index (χ0) is 19.0. The first-order chi connectivity index (χ1) is 12.4. The number of piperidine rings is 1. The molecule has 0 atom stereocenters. The molecule has 1 aromatic rings. The van der Waals surface area contributed by atoms with Crippen molar-refractivity contribution in [2.24, 2.45) is 10.9 Å². The van der Waals surface area contributed by atoms with Crippen molar-refractivity contribution >= 4 is 41.5 Å². The number of nitrogens with zero attached hydrogens (tertiary/aromatic N) is 2. The lowest BCUT2D eigenvalue weighted by Gasteiger charge is -2.32. The molecule has 0 aliphatic carbocycles. The summed E-state index contributed by atoms with van der Waals surface area (Å²) < 4.78 is 36.6. The third-order valence-corrected chi connectivity index (χ3v) is 4.91. The van der Waals surface area contributed by atoms with Crippen molar-refractivity contribution in [2.75, 3.05) is 33.2 Å². The fourth-order valence-electron chi connectivity index (χ4n) is 3.00. The van der Waals surface area contributed by atoms with Gasteiger partial charge in [0, 0.05) is 31.7 Å². The van der Waals surface area contributed by atoms with Crippen LogP contribution in [-0.2, 0) is 6.54 Å². The molecule has 1 fully saturated rings. The molecule has 0 bridgehead atoms. The summed E-state index contributed by atoms with van der Waals surface area (Å²) in [4.78, 5) is 6.36. The molecule has 0 aromatic heterocycles. The first-order valence-corrected chi connectivity index (χ1v) is 9.22. The van der Waals surface area contributed by atoms with E-state index >= 15 is 0 Å². The molecule has 154 valence electrons. The van der Waals surface area contributed by atoms with Gasteiger partial charge in [0.25, 0.3) is 0 Å². The van der Waals surface area contributed by atoms with E-state index in [0.29, 0.717) is 18.4 Å². The highest BCUT2D eigenvalue weighted by molar-refractivity contribution is 14.0. The molecule has 9 heteroatoms. The van der Waals surface area contributed by atoms with Crippen LogP contribution in [-0.4, -0.2) is 50.3 Å². The molecule has 2 rings (SSSR count). The molecule has 27 heavy (non-hydrogen) atoms. The Morgan fingerprint density at radius 3 is 2.48 bits per heavy atom. The standard InChI is InChI=1S/C18H26ClF3N4.HI/c1-23-17(24-9-8-18(20,21)22)25-12-14-6-10-26(11-7-14)13-15-4-2-3-5-16(15)19;/h2-5,14H,6-13H2,1H3,(H2,23,24,25);1H. The minimum atomic E-state index is -4.15. The van der Waals surface area contributed by atoms with Gasteiger partial charge in [0.2, 0.25) is 0 Å². The SMILES string of the molecule is CN=C(NCCC(F)(F)F)NCC1CCN(Cc2ccccc2Cl)CC1.I. The maximum atomic E-state index is 12.2. The number of halogens is 5. The molecule has 1 saturated heterocycles. The summed E-state index contributed by atoms with van der Waals surface area (Å²) in [7, 11) is 1.56. The first-order valence-electron chi connectivity index (χ1n) is 8.84. The largest absolute Gasteiger partial charge is 0.390 e. The topological polar surface area (TPSA) is 39.7 Å². The minimum Gasteiger partial charge on any atom is -0.356 e. The highest BCUT2D eigenvalue weighted by Gasteiger charge is 2.26. The van der Waals surface area contributed by atoms with Gasteiger partial charge < -0.3 is 10.6 Å². The predicted molar refractivity (Wildman–Crippen MR) is 115 cm³/mol. The second-order valence-corrected chi connectivity index (χ2v) is 6.96. The Hall–Kier alpha value is -0.740. The lowest BCUT2D eigenvalue weighted by Crippen LogP contribution is -2.43. The average Bonchev–Trinajstić information content (AvgIpc) is 2.60. The summed E-state index contributed by atoms with van der Waals surface area (Å²) in [6, 6.07) is 7.88. The van der Waals surface area contributed by atoms with E-state index in [2.05, 4.69) is 20.5 Å². The van der Waals surface area contributed by atoms with Crippen molar-refractivity contribution < 1.29 is 13.2 Å². The summed E-state index contributed by atoms with van der Waals surface area (Å²) >= 11 is 6.22. The summed E-state index contributed by atoms with van der Waals surface area (Å²) in [5, 5.41) is 6.63. The van der Waals surface area contributed by atoms with Crippen molar-refractivity contribution in [3.05, 3.63) is 34.9 Å². The van der Waals surface area contributed by atoms with Gasteiger partial charge in [-0.25, -0.2) is 0 Å². The van der Waals surface area contributed by atoms with Crippen LogP contribution in [0.5, 0.6) is 0 Å². The van der Waals surface area contributed by atoms with Crippen LogP contribution < -0.4 is 10.6 Å². The van der Waals surface area contributed by atoms with Gasteiger partial charge in [0.1, 0.15) is 0 Å². The van der Waals surface area contributed by atoms with E-state index in [4.69, 9.17) is 11.6 Å². The highest BCUT2D eigenvalue weighted by atomic mass is 127. The molecular formula is C18H27ClF3IN4. The van der Waals surface area contributed by atoms with Crippen LogP contribution in [0, 0.1) is 5.92 Å². The number of hydrogen-bond donors (Lipinski definition) is 2. The number of alkyl halides is 3.